The molecule has 1 atom stereocenters. The third-order valence-corrected chi connectivity index (χ3v) is 2.31. The van der Waals surface area contributed by atoms with Gasteiger partial charge in [-0.05, 0) is 6.42 Å². The lowest BCUT2D eigenvalue weighted by atomic mass is 10.5. The second-order valence-corrected chi connectivity index (χ2v) is 3.82. The summed E-state index contributed by atoms with van der Waals surface area (Å²) in [4.78, 5) is 14.5. The number of aliphatic hydroxyl groups is 1. The number of esters is 1. The Bertz CT molecular complexity index is 270. The summed E-state index contributed by atoms with van der Waals surface area (Å²) < 4.78 is 10.1. The molecule has 1 rings (SSSR count). The van der Waals surface area contributed by atoms with Crippen LogP contribution < -0.4 is 0 Å². The molecule has 0 aromatic heterocycles. The highest BCUT2D eigenvalue weighted by Gasteiger charge is 2.22. The van der Waals surface area contributed by atoms with Gasteiger partial charge in [0, 0.05) is 26.1 Å². The van der Waals surface area contributed by atoms with Crippen LogP contribution in [0.4, 0.5) is 0 Å². The van der Waals surface area contributed by atoms with Crippen molar-refractivity contribution in [2.45, 2.75) is 19.7 Å². The summed E-state index contributed by atoms with van der Waals surface area (Å²) >= 11 is 0. The zero-order chi connectivity index (χ0) is 12.7. The Labute approximate surface area is 101 Å². The SMILES string of the molecule is CCCOCCOC(=O)CN1C=CN(C)C1O. The maximum atomic E-state index is 11.4. The molecule has 1 aliphatic rings. The molecule has 0 saturated heterocycles. The van der Waals surface area contributed by atoms with Crippen molar-refractivity contribution in [1.29, 1.82) is 0 Å². The van der Waals surface area contributed by atoms with Crippen LogP contribution in [0, 0.1) is 0 Å². The summed E-state index contributed by atoms with van der Waals surface area (Å²) in [5, 5.41) is 9.60. The van der Waals surface area contributed by atoms with Gasteiger partial charge in [0.25, 0.3) is 0 Å². The summed E-state index contributed by atoms with van der Waals surface area (Å²) in [6.45, 7) is 3.40. The van der Waals surface area contributed by atoms with Gasteiger partial charge in [0.2, 0.25) is 6.35 Å². The second kappa shape index (κ2) is 7.13. The average molecular weight is 244 g/mol. The standard InChI is InChI=1S/C11H20N2O4/c1-3-6-16-7-8-17-10(14)9-13-5-4-12(2)11(13)15/h4-5,11,15H,3,6-9H2,1-2H3. The molecule has 0 radical (unpaired) electrons. The van der Waals surface area contributed by atoms with Crippen LogP contribution in [-0.4, -0.2) is 60.6 Å². The van der Waals surface area contributed by atoms with Crippen LogP contribution in [0.25, 0.3) is 0 Å². The van der Waals surface area contributed by atoms with Gasteiger partial charge in [-0.25, -0.2) is 0 Å². The van der Waals surface area contributed by atoms with Crippen molar-refractivity contribution in [3.05, 3.63) is 12.4 Å². The second-order valence-electron chi connectivity index (χ2n) is 3.82. The molecule has 0 aliphatic carbocycles. The molecular weight excluding hydrogens is 224 g/mol. The summed E-state index contributed by atoms with van der Waals surface area (Å²) in [6, 6.07) is 0. The predicted octanol–water partition coefficient (Wildman–Crippen LogP) is -0.0493. The summed E-state index contributed by atoms with van der Waals surface area (Å²) in [6.07, 6.45) is 3.51. The molecule has 98 valence electrons. The quantitative estimate of drug-likeness (QED) is 0.500. The van der Waals surface area contributed by atoms with Gasteiger partial charge in [0.15, 0.2) is 0 Å². The molecule has 0 aromatic carbocycles. The number of ether oxygens (including phenoxy) is 2. The van der Waals surface area contributed by atoms with Crippen molar-refractivity contribution in [3.8, 4) is 0 Å². The Kier molecular flexibility index (Phi) is 5.79. The average Bonchev–Trinajstić information content (AvgIpc) is 2.61. The van der Waals surface area contributed by atoms with E-state index in [1.54, 1.807) is 24.3 Å². The normalized spacial score (nSPS) is 18.9. The van der Waals surface area contributed by atoms with E-state index in [0.717, 1.165) is 6.42 Å². The van der Waals surface area contributed by atoms with Gasteiger partial charge in [-0.15, -0.1) is 0 Å². The van der Waals surface area contributed by atoms with Crippen molar-refractivity contribution in [2.24, 2.45) is 0 Å². The molecule has 0 aromatic rings. The van der Waals surface area contributed by atoms with Gasteiger partial charge in [-0.2, -0.15) is 0 Å². The Hall–Kier alpha value is -1.27. The summed E-state index contributed by atoms with van der Waals surface area (Å²) in [7, 11) is 1.73. The lowest BCUT2D eigenvalue weighted by Crippen LogP contribution is -2.39. The van der Waals surface area contributed by atoms with E-state index in [9.17, 15) is 9.90 Å². The lowest BCUT2D eigenvalue weighted by Gasteiger charge is -2.24. The minimum absolute atomic E-state index is 0.0375. The molecule has 0 saturated carbocycles. The number of hydrogen-bond acceptors (Lipinski definition) is 6. The number of aliphatic hydroxyl groups excluding tert-OH is 1. The Morgan fingerprint density at radius 2 is 2.12 bits per heavy atom. The van der Waals surface area contributed by atoms with Crippen molar-refractivity contribution < 1.29 is 19.4 Å². The fourth-order valence-corrected chi connectivity index (χ4v) is 1.37. The largest absolute Gasteiger partial charge is 0.462 e. The first kappa shape index (κ1) is 13.8. The van der Waals surface area contributed by atoms with E-state index in [-0.39, 0.29) is 19.1 Å². The summed E-state index contributed by atoms with van der Waals surface area (Å²) in [5.41, 5.74) is 0. The summed E-state index contributed by atoms with van der Waals surface area (Å²) in [5.74, 6) is -0.371. The van der Waals surface area contributed by atoms with E-state index >= 15 is 0 Å². The third kappa shape index (κ3) is 4.62. The molecule has 0 spiro atoms. The van der Waals surface area contributed by atoms with E-state index in [0.29, 0.717) is 13.2 Å². The molecule has 6 heteroatoms. The van der Waals surface area contributed by atoms with Crippen LogP contribution in [-0.2, 0) is 14.3 Å². The van der Waals surface area contributed by atoms with Crippen molar-refractivity contribution in [3.63, 3.8) is 0 Å². The minimum Gasteiger partial charge on any atom is -0.462 e. The molecule has 0 amide bonds. The Morgan fingerprint density at radius 3 is 2.71 bits per heavy atom. The van der Waals surface area contributed by atoms with Crippen LogP contribution in [0.5, 0.6) is 0 Å². The fourth-order valence-electron chi connectivity index (χ4n) is 1.37. The van der Waals surface area contributed by atoms with Crippen LogP contribution in [0.1, 0.15) is 13.3 Å². The molecule has 1 aliphatic heterocycles. The van der Waals surface area contributed by atoms with Crippen molar-refractivity contribution in [2.75, 3.05) is 33.4 Å². The maximum absolute atomic E-state index is 11.4. The molecule has 0 bridgehead atoms. The third-order valence-electron chi connectivity index (χ3n) is 2.31. The first-order valence-corrected chi connectivity index (χ1v) is 5.72. The van der Waals surface area contributed by atoms with Gasteiger partial charge >= 0.3 is 5.97 Å². The Morgan fingerprint density at radius 1 is 1.35 bits per heavy atom. The zero-order valence-electron chi connectivity index (χ0n) is 10.3. The minimum atomic E-state index is -0.793. The number of nitrogens with zero attached hydrogens (tertiary/aromatic N) is 2. The van der Waals surface area contributed by atoms with Crippen LogP contribution in [0.3, 0.4) is 0 Å². The highest BCUT2D eigenvalue weighted by atomic mass is 16.6. The van der Waals surface area contributed by atoms with Crippen molar-refractivity contribution in [1.82, 2.24) is 9.80 Å². The lowest BCUT2D eigenvalue weighted by molar-refractivity contribution is -0.149. The van der Waals surface area contributed by atoms with E-state index in [2.05, 4.69) is 0 Å². The number of carbonyl (C=O) groups is 1. The fraction of sp³-hybridized carbons (Fsp3) is 0.727. The smallest absolute Gasteiger partial charge is 0.325 e. The van der Waals surface area contributed by atoms with E-state index < -0.39 is 6.35 Å². The molecule has 0 fully saturated rings. The number of hydrogen-bond donors (Lipinski definition) is 1. The molecular formula is C11H20N2O4. The molecule has 6 nitrogen and oxygen atoms in total. The van der Waals surface area contributed by atoms with Gasteiger partial charge in [-0.1, -0.05) is 6.92 Å². The first-order valence-electron chi connectivity index (χ1n) is 5.72. The van der Waals surface area contributed by atoms with Crippen LogP contribution in [0.15, 0.2) is 12.4 Å². The van der Waals surface area contributed by atoms with Gasteiger partial charge in [0.1, 0.15) is 13.2 Å². The van der Waals surface area contributed by atoms with E-state index in [1.807, 2.05) is 6.92 Å². The highest BCUT2D eigenvalue weighted by molar-refractivity contribution is 5.71. The monoisotopic (exact) mass is 244 g/mol. The topological polar surface area (TPSA) is 62.2 Å². The van der Waals surface area contributed by atoms with Crippen LogP contribution >= 0.6 is 0 Å². The predicted molar refractivity (Wildman–Crippen MR) is 61.7 cm³/mol. The molecule has 17 heavy (non-hydrogen) atoms. The first-order chi connectivity index (χ1) is 8.15. The number of rotatable bonds is 7. The van der Waals surface area contributed by atoms with Gasteiger partial charge in [0.05, 0.1) is 6.61 Å². The highest BCUT2D eigenvalue weighted by Crippen LogP contribution is 2.10. The van der Waals surface area contributed by atoms with E-state index in [4.69, 9.17) is 9.47 Å². The Balaban J connectivity index is 2.11. The van der Waals surface area contributed by atoms with Gasteiger partial charge in [-0.3, -0.25) is 4.79 Å². The molecule has 1 N–H and O–H groups in total. The zero-order valence-corrected chi connectivity index (χ0v) is 10.3. The molecule has 1 unspecified atom stereocenters. The van der Waals surface area contributed by atoms with Gasteiger partial charge < -0.3 is 24.4 Å². The maximum Gasteiger partial charge on any atom is 0.325 e. The number of carbonyl (C=O) groups excluding carboxylic acids is 1. The van der Waals surface area contributed by atoms with Crippen molar-refractivity contribution >= 4 is 5.97 Å². The van der Waals surface area contributed by atoms with E-state index in [1.165, 1.54) is 4.90 Å². The van der Waals surface area contributed by atoms with Crippen LogP contribution in [0.2, 0.25) is 0 Å². The molecule has 1 heterocycles.